The van der Waals surface area contributed by atoms with Crippen LogP contribution in [0.4, 0.5) is 8.78 Å². The molecule has 0 aliphatic rings. The highest BCUT2D eigenvalue weighted by Crippen LogP contribution is 2.19. The molecule has 114 valence electrons. The van der Waals surface area contributed by atoms with Crippen molar-refractivity contribution in [2.45, 2.75) is 6.42 Å². The fourth-order valence-electron chi connectivity index (χ4n) is 2.52. The van der Waals surface area contributed by atoms with Gasteiger partial charge < -0.3 is 0 Å². The molecule has 0 bridgehead atoms. The maximum absolute atomic E-state index is 13.3. The van der Waals surface area contributed by atoms with E-state index in [2.05, 4.69) is 0 Å². The molecule has 0 radical (unpaired) electrons. The Balaban J connectivity index is 1.94. The molecule has 0 unspecified atom stereocenters. The molecule has 0 spiro atoms. The van der Waals surface area contributed by atoms with Crippen LogP contribution in [-0.4, -0.2) is 5.78 Å². The number of hydrogen-bond donors (Lipinski definition) is 0. The smallest absolute Gasteiger partial charge is 0.193 e. The van der Waals surface area contributed by atoms with Crippen molar-refractivity contribution in [3.8, 4) is 0 Å². The van der Waals surface area contributed by atoms with Crippen molar-refractivity contribution >= 4 is 5.78 Å². The third-order valence-electron chi connectivity index (χ3n) is 3.65. The fraction of sp³-hybridized carbons (Fsp3) is 0.0500. The largest absolute Gasteiger partial charge is 0.289 e. The highest BCUT2D eigenvalue weighted by atomic mass is 19.1. The summed E-state index contributed by atoms with van der Waals surface area (Å²) in [6, 6.07) is 19.0. The lowest BCUT2D eigenvalue weighted by atomic mass is 9.94. The summed E-state index contributed by atoms with van der Waals surface area (Å²) >= 11 is 0. The Hall–Kier alpha value is -2.81. The van der Waals surface area contributed by atoms with Crippen LogP contribution in [0.1, 0.15) is 27.0 Å². The molecule has 3 aromatic rings. The molecule has 0 saturated carbocycles. The topological polar surface area (TPSA) is 17.1 Å². The molecular weight excluding hydrogens is 294 g/mol. The molecule has 3 heteroatoms. The van der Waals surface area contributed by atoms with Crippen molar-refractivity contribution in [1.29, 1.82) is 0 Å². The van der Waals surface area contributed by atoms with Crippen LogP contribution in [0.2, 0.25) is 0 Å². The van der Waals surface area contributed by atoms with Crippen LogP contribution >= 0.6 is 0 Å². The predicted octanol–water partition coefficient (Wildman–Crippen LogP) is 4.79. The van der Waals surface area contributed by atoms with E-state index in [1.165, 1.54) is 36.4 Å². The number of ketones is 1. The Morgan fingerprint density at radius 3 is 2.26 bits per heavy atom. The zero-order chi connectivity index (χ0) is 16.2. The van der Waals surface area contributed by atoms with E-state index in [0.29, 0.717) is 17.5 Å². The van der Waals surface area contributed by atoms with Crippen molar-refractivity contribution in [3.05, 3.63) is 107 Å². The monoisotopic (exact) mass is 308 g/mol. The van der Waals surface area contributed by atoms with E-state index in [9.17, 15) is 13.6 Å². The summed E-state index contributed by atoms with van der Waals surface area (Å²) in [6.45, 7) is 0. The zero-order valence-corrected chi connectivity index (χ0v) is 12.3. The highest BCUT2D eigenvalue weighted by molar-refractivity contribution is 6.09. The van der Waals surface area contributed by atoms with E-state index < -0.39 is 0 Å². The summed E-state index contributed by atoms with van der Waals surface area (Å²) < 4.78 is 26.3. The second-order valence-electron chi connectivity index (χ2n) is 5.30. The molecule has 0 saturated heterocycles. The van der Waals surface area contributed by atoms with Gasteiger partial charge in [0.05, 0.1) is 0 Å². The second-order valence-corrected chi connectivity index (χ2v) is 5.30. The van der Waals surface area contributed by atoms with Crippen LogP contribution in [0.15, 0.2) is 72.8 Å². The van der Waals surface area contributed by atoms with Gasteiger partial charge in [-0.1, -0.05) is 36.4 Å². The maximum atomic E-state index is 13.3. The zero-order valence-electron chi connectivity index (χ0n) is 12.3. The molecule has 0 aliphatic heterocycles. The summed E-state index contributed by atoms with van der Waals surface area (Å²) in [5, 5.41) is 0. The molecule has 0 amide bonds. The lowest BCUT2D eigenvalue weighted by Crippen LogP contribution is -2.06. The molecule has 0 heterocycles. The number of carbonyl (C=O) groups excluding carboxylic acids is 1. The van der Waals surface area contributed by atoms with Gasteiger partial charge in [0.15, 0.2) is 5.78 Å². The Labute approximate surface area is 133 Å². The Bertz CT molecular complexity index is 838. The van der Waals surface area contributed by atoms with E-state index in [0.717, 1.165) is 11.1 Å². The summed E-state index contributed by atoms with van der Waals surface area (Å²) in [7, 11) is 0. The van der Waals surface area contributed by atoms with Crippen molar-refractivity contribution in [1.82, 2.24) is 0 Å². The molecule has 3 aromatic carbocycles. The van der Waals surface area contributed by atoms with Gasteiger partial charge in [0.1, 0.15) is 11.6 Å². The minimum atomic E-state index is -0.380. The van der Waals surface area contributed by atoms with Gasteiger partial charge in [0, 0.05) is 11.1 Å². The molecule has 0 atom stereocenters. The molecule has 23 heavy (non-hydrogen) atoms. The summed E-state index contributed by atoms with van der Waals surface area (Å²) in [4.78, 5) is 12.6. The molecule has 0 fully saturated rings. The van der Waals surface area contributed by atoms with E-state index in [1.54, 1.807) is 18.2 Å². The third kappa shape index (κ3) is 3.51. The molecule has 3 rings (SSSR count). The summed E-state index contributed by atoms with van der Waals surface area (Å²) in [5.74, 6) is -0.851. The van der Waals surface area contributed by atoms with Crippen molar-refractivity contribution in [2.75, 3.05) is 0 Å². The third-order valence-corrected chi connectivity index (χ3v) is 3.65. The first-order valence-corrected chi connectivity index (χ1v) is 7.26. The average molecular weight is 308 g/mol. The van der Waals surface area contributed by atoms with Crippen LogP contribution in [-0.2, 0) is 6.42 Å². The Kier molecular flexibility index (Phi) is 4.29. The SMILES string of the molecule is O=C(c1ccc(F)cc1)c1ccccc1Cc1cccc(F)c1. The van der Waals surface area contributed by atoms with E-state index in [-0.39, 0.29) is 17.4 Å². The van der Waals surface area contributed by atoms with Gasteiger partial charge in [0.25, 0.3) is 0 Å². The average Bonchev–Trinajstić information content (AvgIpc) is 2.55. The first-order valence-electron chi connectivity index (χ1n) is 7.26. The van der Waals surface area contributed by atoms with Gasteiger partial charge in [-0.05, 0) is 53.9 Å². The van der Waals surface area contributed by atoms with Crippen LogP contribution in [0, 0.1) is 11.6 Å². The number of benzene rings is 3. The molecule has 0 N–H and O–H groups in total. The number of hydrogen-bond acceptors (Lipinski definition) is 1. The quantitative estimate of drug-likeness (QED) is 0.634. The van der Waals surface area contributed by atoms with Crippen LogP contribution in [0.25, 0.3) is 0 Å². The Morgan fingerprint density at radius 1 is 0.783 bits per heavy atom. The first kappa shape index (κ1) is 15.1. The predicted molar refractivity (Wildman–Crippen MR) is 85.5 cm³/mol. The lowest BCUT2D eigenvalue weighted by Gasteiger charge is -2.09. The van der Waals surface area contributed by atoms with Crippen molar-refractivity contribution in [2.24, 2.45) is 0 Å². The highest BCUT2D eigenvalue weighted by Gasteiger charge is 2.13. The first-order chi connectivity index (χ1) is 11.1. The normalized spacial score (nSPS) is 10.5. The maximum Gasteiger partial charge on any atom is 0.193 e. The molecule has 1 nitrogen and oxygen atoms in total. The van der Waals surface area contributed by atoms with Gasteiger partial charge in [-0.3, -0.25) is 4.79 Å². The standard InChI is InChI=1S/C20H14F2O/c21-17-10-8-15(9-11-17)20(23)19-7-2-1-5-16(19)12-14-4-3-6-18(22)13-14/h1-11,13H,12H2. The lowest BCUT2D eigenvalue weighted by molar-refractivity contribution is 0.103. The van der Waals surface area contributed by atoms with Gasteiger partial charge in [-0.15, -0.1) is 0 Å². The van der Waals surface area contributed by atoms with E-state index >= 15 is 0 Å². The number of halogens is 2. The van der Waals surface area contributed by atoms with E-state index in [4.69, 9.17) is 0 Å². The molecule has 0 aromatic heterocycles. The van der Waals surface area contributed by atoms with E-state index in [1.807, 2.05) is 18.2 Å². The number of carbonyl (C=O) groups is 1. The number of rotatable bonds is 4. The Morgan fingerprint density at radius 2 is 1.52 bits per heavy atom. The van der Waals surface area contributed by atoms with Gasteiger partial charge in [0.2, 0.25) is 0 Å². The minimum absolute atomic E-state index is 0.169. The van der Waals surface area contributed by atoms with Crippen molar-refractivity contribution < 1.29 is 13.6 Å². The molecule has 0 aliphatic carbocycles. The second kappa shape index (κ2) is 6.53. The fourth-order valence-corrected chi connectivity index (χ4v) is 2.52. The summed E-state index contributed by atoms with van der Waals surface area (Å²) in [5.41, 5.74) is 2.58. The molecular formula is C20H14F2O. The van der Waals surface area contributed by atoms with Gasteiger partial charge >= 0.3 is 0 Å². The van der Waals surface area contributed by atoms with Gasteiger partial charge in [-0.2, -0.15) is 0 Å². The van der Waals surface area contributed by atoms with Crippen molar-refractivity contribution in [3.63, 3.8) is 0 Å². The van der Waals surface area contributed by atoms with Crippen LogP contribution < -0.4 is 0 Å². The van der Waals surface area contributed by atoms with Crippen LogP contribution in [0.3, 0.4) is 0 Å². The minimum Gasteiger partial charge on any atom is -0.289 e. The summed E-state index contributed by atoms with van der Waals surface area (Å²) in [6.07, 6.45) is 0.459. The van der Waals surface area contributed by atoms with Gasteiger partial charge in [-0.25, -0.2) is 8.78 Å². The van der Waals surface area contributed by atoms with Crippen LogP contribution in [0.5, 0.6) is 0 Å².